The summed E-state index contributed by atoms with van der Waals surface area (Å²) < 4.78 is 0. The molecule has 5 nitrogen and oxygen atoms in total. The van der Waals surface area contributed by atoms with E-state index >= 15 is 0 Å². The van der Waals surface area contributed by atoms with Crippen LogP contribution < -0.4 is 10.6 Å². The fraction of sp³-hybridized carbons (Fsp3) is 0.500. The summed E-state index contributed by atoms with van der Waals surface area (Å²) in [5, 5.41) is 15.1. The third kappa shape index (κ3) is 7.47. The van der Waals surface area contributed by atoms with Crippen LogP contribution in [0.3, 0.4) is 0 Å². The maximum absolute atomic E-state index is 11.7. The summed E-state index contributed by atoms with van der Waals surface area (Å²) >= 11 is 1.63. The zero-order chi connectivity index (χ0) is 16.4. The SMILES string of the molecule is CSCC[C@@](C)(O)CNC(=O)C(=O)NCCc1ccccc1. The summed E-state index contributed by atoms with van der Waals surface area (Å²) in [6, 6.07) is 9.73. The Morgan fingerprint density at radius 3 is 2.45 bits per heavy atom. The minimum atomic E-state index is -0.997. The van der Waals surface area contributed by atoms with E-state index in [4.69, 9.17) is 0 Å². The minimum Gasteiger partial charge on any atom is -0.388 e. The zero-order valence-corrected chi connectivity index (χ0v) is 13.9. The number of rotatable bonds is 8. The zero-order valence-electron chi connectivity index (χ0n) is 13.1. The predicted molar refractivity (Wildman–Crippen MR) is 89.8 cm³/mol. The second-order valence-electron chi connectivity index (χ2n) is 5.41. The molecule has 1 aromatic rings. The molecule has 22 heavy (non-hydrogen) atoms. The molecule has 0 fully saturated rings. The first kappa shape index (κ1) is 18.5. The van der Waals surface area contributed by atoms with Crippen LogP contribution in [-0.4, -0.2) is 47.6 Å². The van der Waals surface area contributed by atoms with Crippen molar-refractivity contribution in [2.75, 3.05) is 25.1 Å². The standard InChI is InChI=1S/C16H24N2O3S/c1-16(21,9-11-22-2)12-18-15(20)14(19)17-10-8-13-6-4-3-5-7-13/h3-7,21H,8-12H2,1-2H3,(H,17,19)(H,18,20)/t16-/m1/s1. The number of thioether (sulfide) groups is 1. The number of carbonyl (C=O) groups excluding carboxylic acids is 2. The average molecular weight is 324 g/mol. The Morgan fingerprint density at radius 2 is 1.82 bits per heavy atom. The van der Waals surface area contributed by atoms with Crippen LogP contribution in [0.25, 0.3) is 0 Å². The Hall–Kier alpha value is -1.53. The second kappa shape index (κ2) is 9.48. The Morgan fingerprint density at radius 1 is 1.18 bits per heavy atom. The van der Waals surface area contributed by atoms with E-state index in [0.29, 0.717) is 19.4 Å². The van der Waals surface area contributed by atoms with Gasteiger partial charge in [0.05, 0.1) is 5.60 Å². The molecule has 0 spiro atoms. The Labute approximate surface area is 135 Å². The van der Waals surface area contributed by atoms with E-state index in [9.17, 15) is 14.7 Å². The highest BCUT2D eigenvalue weighted by Crippen LogP contribution is 2.11. The number of carbonyl (C=O) groups is 2. The largest absolute Gasteiger partial charge is 0.388 e. The van der Waals surface area contributed by atoms with Gasteiger partial charge in [-0.25, -0.2) is 0 Å². The molecule has 0 saturated carbocycles. The van der Waals surface area contributed by atoms with Crippen LogP contribution in [-0.2, 0) is 16.0 Å². The lowest BCUT2D eigenvalue weighted by atomic mass is 10.0. The number of benzene rings is 1. The van der Waals surface area contributed by atoms with Crippen LogP contribution in [0.15, 0.2) is 30.3 Å². The summed E-state index contributed by atoms with van der Waals surface area (Å²) in [5.41, 5.74) is 0.103. The predicted octanol–water partition coefficient (Wildman–Crippen LogP) is 0.966. The van der Waals surface area contributed by atoms with Crippen molar-refractivity contribution in [2.24, 2.45) is 0 Å². The van der Waals surface area contributed by atoms with Crippen LogP contribution in [0.4, 0.5) is 0 Å². The molecule has 1 rings (SSSR count). The van der Waals surface area contributed by atoms with Gasteiger partial charge in [0.2, 0.25) is 0 Å². The first-order chi connectivity index (χ1) is 10.4. The highest BCUT2D eigenvalue weighted by molar-refractivity contribution is 7.98. The molecule has 3 N–H and O–H groups in total. The summed E-state index contributed by atoms with van der Waals surface area (Å²) in [7, 11) is 0. The molecular weight excluding hydrogens is 300 g/mol. The van der Waals surface area contributed by atoms with Crippen molar-refractivity contribution in [2.45, 2.75) is 25.4 Å². The van der Waals surface area contributed by atoms with Gasteiger partial charge in [0, 0.05) is 13.1 Å². The lowest BCUT2D eigenvalue weighted by Crippen LogP contribution is -2.47. The fourth-order valence-electron chi connectivity index (χ4n) is 1.81. The topological polar surface area (TPSA) is 78.4 Å². The first-order valence-electron chi connectivity index (χ1n) is 7.26. The normalized spacial score (nSPS) is 13.2. The quantitative estimate of drug-likeness (QED) is 0.623. The highest BCUT2D eigenvalue weighted by atomic mass is 32.2. The Kier molecular flexibility index (Phi) is 7.98. The molecule has 1 atom stereocenters. The minimum absolute atomic E-state index is 0.0680. The van der Waals surface area contributed by atoms with E-state index in [1.807, 2.05) is 36.6 Å². The number of hydrogen-bond acceptors (Lipinski definition) is 4. The van der Waals surface area contributed by atoms with Crippen molar-refractivity contribution in [3.05, 3.63) is 35.9 Å². The molecule has 0 unspecified atom stereocenters. The number of hydrogen-bond donors (Lipinski definition) is 3. The monoisotopic (exact) mass is 324 g/mol. The smallest absolute Gasteiger partial charge is 0.309 e. The lowest BCUT2D eigenvalue weighted by Gasteiger charge is -2.23. The van der Waals surface area contributed by atoms with Gasteiger partial charge < -0.3 is 15.7 Å². The molecule has 0 bridgehead atoms. The van der Waals surface area contributed by atoms with Crippen LogP contribution >= 0.6 is 11.8 Å². The fourth-order valence-corrected chi connectivity index (χ4v) is 2.45. The molecule has 6 heteroatoms. The van der Waals surface area contributed by atoms with Gasteiger partial charge >= 0.3 is 11.8 Å². The van der Waals surface area contributed by atoms with E-state index in [0.717, 1.165) is 11.3 Å². The molecule has 0 aromatic heterocycles. The Balaban J connectivity index is 2.26. The van der Waals surface area contributed by atoms with E-state index in [2.05, 4.69) is 10.6 Å². The van der Waals surface area contributed by atoms with E-state index in [-0.39, 0.29) is 6.54 Å². The van der Waals surface area contributed by atoms with Crippen LogP contribution in [0.1, 0.15) is 18.9 Å². The molecule has 0 saturated heterocycles. The van der Waals surface area contributed by atoms with Gasteiger partial charge in [-0.2, -0.15) is 11.8 Å². The third-order valence-electron chi connectivity index (χ3n) is 3.22. The van der Waals surface area contributed by atoms with Crippen LogP contribution in [0, 0.1) is 0 Å². The molecule has 0 radical (unpaired) electrons. The number of amides is 2. The van der Waals surface area contributed by atoms with Gasteiger partial charge in [-0.15, -0.1) is 0 Å². The first-order valence-corrected chi connectivity index (χ1v) is 8.65. The molecule has 0 aliphatic carbocycles. The van der Waals surface area contributed by atoms with Gasteiger partial charge in [0.15, 0.2) is 0 Å². The van der Waals surface area contributed by atoms with Crippen molar-refractivity contribution in [3.8, 4) is 0 Å². The van der Waals surface area contributed by atoms with Crippen molar-refractivity contribution in [1.82, 2.24) is 10.6 Å². The third-order valence-corrected chi connectivity index (χ3v) is 3.84. The molecule has 1 aromatic carbocycles. The molecular formula is C16H24N2O3S. The number of aliphatic hydroxyl groups is 1. The van der Waals surface area contributed by atoms with Gasteiger partial charge in [0.1, 0.15) is 0 Å². The highest BCUT2D eigenvalue weighted by Gasteiger charge is 2.22. The Bertz CT molecular complexity index is 478. The van der Waals surface area contributed by atoms with Crippen LogP contribution in [0.5, 0.6) is 0 Å². The van der Waals surface area contributed by atoms with E-state index < -0.39 is 17.4 Å². The van der Waals surface area contributed by atoms with E-state index in [1.165, 1.54) is 0 Å². The molecule has 0 aliphatic heterocycles. The van der Waals surface area contributed by atoms with Gasteiger partial charge in [-0.05, 0) is 37.3 Å². The average Bonchev–Trinajstić information content (AvgIpc) is 2.51. The summed E-state index contributed by atoms with van der Waals surface area (Å²) in [4.78, 5) is 23.3. The van der Waals surface area contributed by atoms with Crippen molar-refractivity contribution in [1.29, 1.82) is 0 Å². The summed E-state index contributed by atoms with van der Waals surface area (Å²) in [5.74, 6) is -0.583. The summed E-state index contributed by atoms with van der Waals surface area (Å²) in [6.07, 6.45) is 3.18. The lowest BCUT2D eigenvalue weighted by molar-refractivity contribution is -0.139. The molecule has 0 heterocycles. The van der Waals surface area contributed by atoms with Crippen molar-refractivity contribution < 1.29 is 14.7 Å². The number of nitrogens with one attached hydrogen (secondary N) is 2. The molecule has 122 valence electrons. The van der Waals surface area contributed by atoms with E-state index in [1.54, 1.807) is 18.7 Å². The van der Waals surface area contributed by atoms with Gasteiger partial charge in [-0.3, -0.25) is 9.59 Å². The maximum Gasteiger partial charge on any atom is 0.309 e. The molecule has 2 amide bonds. The van der Waals surface area contributed by atoms with Crippen LogP contribution in [0.2, 0.25) is 0 Å². The maximum atomic E-state index is 11.7. The summed E-state index contributed by atoms with van der Waals surface area (Å²) in [6.45, 7) is 2.12. The molecule has 0 aliphatic rings. The second-order valence-corrected chi connectivity index (χ2v) is 6.40. The van der Waals surface area contributed by atoms with Crippen molar-refractivity contribution in [3.63, 3.8) is 0 Å². The van der Waals surface area contributed by atoms with Gasteiger partial charge in [0.25, 0.3) is 0 Å². The van der Waals surface area contributed by atoms with Gasteiger partial charge in [-0.1, -0.05) is 30.3 Å². The van der Waals surface area contributed by atoms with Crippen molar-refractivity contribution >= 4 is 23.6 Å².